The molecule has 2 heteroatoms. The minimum absolute atomic E-state index is 0.769. The Morgan fingerprint density at radius 1 is 1.38 bits per heavy atom. The van der Waals surface area contributed by atoms with Crippen LogP contribution in [0.2, 0.25) is 0 Å². The number of para-hydroxylation sites is 1. The summed E-state index contributed by atoms with van der Waals surface area (Å²) in [6, 6.07) is 8.61. The fraction of sp³-hybridized carbons (Fsp3) is 0.571. The summed E-state index contributed by atoms with van der Waals surface area (Å²) < 4.78 is 0. The van der Waals surface area contributed by atoms with Crippen LogP contribution in [-0.2, 0) is 0 Å². The Bertz CT molecular complexity index is 344. The average molecular weight is 218 g/mol. The van der Waals surface area contributed by atoms with Gasteiger partial charge in [0.2, 0.25) is 0 Å². The quantitative estimate of drug-likeness (QED) is 0.834. The van der Waals surface area contributed by atoms with Crippen LogP contribution < -0.4 is 10.2 Å². The summed E-state index contributed by atoms with van der Waals surface area (Å²) in [6.45, 7) is 8.09. The van der Waals surface area contributed by atoms with Crippen LogP contribution in [-0.4, -0.2) is 26.7 Å². The summed E-state index contributed by atoms with van der Waals surface area (Å²) in [4.78, 5) is 2.39. The van der Waals surface area contributed by atoms with Crippen molar-refractivity contribution >= 4 is 5.69 Å². The van der Waals surface area contributed by atoms with E-state index >= 15 is 0 Å². The first-order valence-electron chi connectivity index (χ1n) is 6.16. The maximum Gasteiger partial charge on any atom is 0.0393 e. The molecule has 1 aromatic rings. The number of anilines is 1. The van der Waals surface area contributed by atoms with Crippen LogP contribution in [0.1, 0.15) is 12.5 Å². The Kier molecular flexibility index (Phi) is 3.49. The Morgan fingerprint density at radius 3 is 2.62 bits per heavy atom. The van der Waals surface area contributed by atoms with Crippen LogP contribution in [0.4, 0.5) is 5.69 Å². The third-order valence-corrected chi connectivity index (χ3v) is 3.71. The lowest BCUT2D eigenvalue weighted by molar-refractivity contribution is 0.252. The number of benzene rings is 1. The molecule has 88 valence electrons. The largest absolute Gasteiger partial charge is 0.374 e. The molecule has 0 aromatic heterocycles. The summed E-state index contributed by atoms with van der Waals surface area (Å²) in [7, 11) is 2.20. The van der Waals surface area contributed by atoms with Crippen LogP contribution in [0.3, 0.4) is 0 Å². The lowest BCUT2D eigenvalue weighted by atomic mass is 9.88. The Balaban J connectivity index is 1.96. The number of rotatable bonds is 4. The average Bonchev–Trinajstić information content (AvgIpc) is 2.15. The van der Waals surface area contributed by atoms with E-state index < -0.39 is 0 Å². The Hall–Kier alpha value is -1.02. The molecule has 1 aromatic carbocycles. The highest BCUT2D eigenvalue weighted by Gasteiger charge is 2.24. The molecule has 0 bridgehead atoms. The summed E-state index contributed by atoms with van der Waals surface area (Å²) in [5.41, 5.74) is 2.73. The van der Waals surface area contributed by atoms with Gasteiger partial charge in [0, 0.05) is 19.3 Å². The van der Waals surface area contributed by atoms with Gasteiger partial charge in [0.15, 0.2) is 0 Å². The van der Waals surface area contributed by atoms with E-state index in [0.717, 1.165) is 18.4 Å². The summed E-state index contributed by atoms with van der Waals surface area (Å²) in [6.07, 6.45) is 0. The minimum Gasteiger partial charge on any atom is -0.374 e. The highest BCUT2D eigenvalue weighted by Crippen LogP contribution is 2.22. The fourth-order valence-electron chi connectivity index (χ4n) is 2.38. The monoisotopic (exact) mass is 218 g/mol. The van der Waals surface area contributed by atoms with Gasteiger partial charge in [-0.25, -0.2) is 0 Å². The van der Waals surface area contributed by atoms with Crippen molar-refractivity contribution in [1.82, 2.24) is 5.32 Å². The highest BCUT2D eigenvalue weighted by atomic mass is 15.1. The molecule has 1 N–H and O–H groups in total. The predicted octanol–water partition coefficient (Wildman–Crippen LogP) is 2.29. The lowest BCUT2D eigenvalue weighted by Gasteiger charge is -2.35. The normalized spacial score (nSPS) is 17.9. The molecule has 1 unspecified atom stereocenters. The molecule has 1 fully saturated rings. The molecule has 0 aliphatic carbocycles. The molecule has 0 saturated carbocycles. The van der Waals surface area contributed by atoms with Gasteiger partial charge in [-0.1, -0.05) is 25.1 Å². The first kappa shape index (κ1) is 11.5. The zero-order valence-electron chi connectivity index (χ0n) is 10.5. The van der Waals surface area contributed by atoms with Gasteiger partial charge in [0.1, 0.15) is 0 Å². The van der Waals surface area contributed by atoms with Crippen molar-refractivity contribution < 1.29 is 0 Å². The van der Waals surface area contributed by atoms with Crippen molar-refractivity contribution in [1.29, 1.82) is 0 Å². The zero-order valence-corrected chi connectivity index (χ0v) is 10.5. The van der Waals surface area contributed by atoms with Gasteiger partial charge in [-0.05, 0) is 43.5 Å². The SMILES string of the molecule is Cc1ccccc1N(C)CC(C)C1CNC1. The van der Waals surface area contributed by atoms with E-state index in [-0.39, 0.29) is 0 Å². The molecule has 0 amide bonds. The Labute approximate surface area is 98.7 Å². The highest BCUT2D eigenvalue weighted by molar-refractivity contribution is 5.52. The molecule has 16 heavy (non-hydrogen) atoms. The van der Waals surface area contributed by atoms with Gasteiger partial charge in [0.25, 0.3) is 0 Å². The van der Waals surface area contributed by atoms with E-state index in [1.54, 1.807) is 0 Å². The minimum atomic E-state index is 0.769. The molecule has 1 heterocycles. The van der Waals surface area contributed by atoms with Crippen LogP contribution in [0.15, 0.2) is 24.3 Å². The molecule has 2 rings (SSSR count). The predicted molar refractivity (Wildman–Crippen MR) is 70.0 cm³/mol. The van der Waals surface area contributed by atoms with Crippen molar-refractivity contribution in [2.45, 2.75) is 13.8 Å². The van der Waals surface area contributed by atoms with Gasteiger partial charge in [-0.3, -0.25) is 0 Å². The summed E-state index contributed by atoms with van der Waals surface area (Å²) in [5, 5.41) is 3.35. The molecule has 1 aliphatic heterocycles. The number of hydrogen-bond donors (Lipinski definition) is 1. The van der Waals surface area contributed by atoms with Crippen LogP contribution in [0.25, 0.3) is 0 Å². The van der Waals surface area contributed by atoms with Crippen molar-refractivity contribution in [2.75, 3.05) is 31.6 Å². The van der Waals surface area contributed by atoms with E-state index in [2.05, 4.69) is 55.4 Å². The fourth-order valence-corrected chi connectivity index (χ4v) is 2.38. The smallest absolute Gasteiger partial charge is 0.0393 e. The number of nitrogens with one attached hydrogen (secondary N) is 1. The molecule has 0 radical (unpaired) electrons. The van der Waals surface area contributed by atoms with Gasteiger partial charge in [0.05, 0.1) is 0 Å². The van der Waals surface area contributed by atoms with Gasteiger partial charge in [-0.15, -0.1) is 0 Å². The van der Waals surface area contributed by atoms with E-state index in [4.69, 9.17) is 0 Å². The van der Waals surface area contributed by atoms with Gasteiger partial charge >= 0.3 is 0 Å². The second kappa shape index (κ2) is 4.88. The Morgan fingerprint density at radius 2 is 2.06 bits per heavy atom. The first-order chi connectivity index (χ1) is 7.68. The third kappa shape index (κ3) is 2.38. The van der Waals surface area contributed by atoms with Crippen LogP contribution >= 0.6 is 0 Å². The summed E-state index contributed by atoms with van der Waals surface area (Å²) >= 11 is 0. The first-order valence-corrected chi connectivity index (χ1v) is 6.16. The molecule has 2 nitrogen and oxygen atoms in total. The zero-order chi connectivity index (χ0) is 11.5. The number of hydrogen-bond acceptors (Lipinski definition) is 2. The van der Waals surface area contributed by atoms with Crippen LogP contribution in [0.5, 0.6) is 0 Å². The number of nitrogens with zero attached hydrogens (tertiary/aromatic N) is 1. The van der Waals surface area contributed by atoms with E-state index in [1.807, 2.05) is 0 Å². The molecular weight excluding hydrogens is 196 g/mol. The molecular formula is C14H22N2. The van der Waals surface area contributed by atoms with Crippen LogP contribution in [0, 0.1) is 18.8 Å². The van der Waals surface area contributed by atoms with Crippen molar-refractivity contribution in [3.63, 3.8) is 0 Å². The van der Waals surface area contributed by atoms with E-state index in [0.29, 0.717) is 0 Å². The van der Waals surface area contributed by atoms with E-state index in [1.165, 1.54) is 24.3 Å². The molecule has 1 aliphatic rings. The van der Waals surface area contributed by atoms with Crippen molar-refractivity contribution in [3.05, 3.63) is 29.8 Å². The standard InChI is InChI=1S/C14H22N2/c1-11-6-4-5-7-14(11)16(3)10-12(2)13-8-15-9-13/h4-7,12-13,15H,8-10H2,1-3H3. The third-order valence-electron chi connectivity index (χ3n) is 3.71. The van der Waals surface area contributed by atoms with Crippen molar-refractivity contribution in [2.24, 2.45) is 11.8 Å². The lowest BCUT2D eigenvalue weighted by Crippen LogP contribution is -2.47. The van der Waals surface area contributed by atoms with Gasteiger partial charge < -0.3 is 10.2 Å². The topological polar surface area (TPSA) is 15.3 Å². The van der Waals surface area contributed by atoms with Crippen molar-refractivity contribution in [3.8, 4) is 0 Å². The van der Waals surface area contributed by atoms with Gasteiger partial charge in [-0.2, -0.15) is 0 Å². The molecule has 1 atom stereocenters. The molecule has 0 spiro atoms. The maximum atomic E-state index is 3.35. The second-order valence-corrected chi connectivity index (χ2v) is 5.06. The summed E-state index contributed by atoms with van der Waals surface area (Å²) in [5.74, 6) is 1.64. The number of aryl methyl sites for hydroxylation is 1. The maximum absolute atomic E-state index is 3.35. The van der Waals surface area contributed by atoms with E-state index in [9.17, 15) is 0 Å². The molecule has 1 saturated heterocycles. The second-order valence-electron chi connectivity index (χ2n) is 5.06.